The van der Waals surface area contributed by atoms with Gasteiger partial charge < -0.3 is 11.1 Å². The maximum atomic E-state index is 11.7. The lowest BCUT2D eigenvalue weighted by molar-refractivity contribution is -0.116. The van der Waals surface area contributed by atoms with Gasteiger partial charge in [-0.3, -0.25) is 9.48 Å². The lowest BCUT2D eigenvalue weighted by Gasteiger charge is -2.04. The van der Waals surface area contributed by atoms with Crippen molar-refractivity contribution in [1.29, 1.82) is 0 Å². The zero-order valence-corrected chi connectivity index (χ0v) is 10.3. The number of nitrogens with one attached hydrogen (secondary N) is 1. The van der Waals surface area contributed by atoms with E-state index in [9.17, 15) is 4.79 Å². The van der Waals surface area contributed by atoms with Crippen LogP contribution in [0.5, 0.6) is 0 Å². The molecular formula is C9H12N6OS. The first kappa shape index (κ1) is 11.5. The number of amides is 1. The lowest BCUT2D eigenvalue weighted by Crippen LogP contribution is -2.19. The van der Waals surface area contributed by atoms with Crippen LogP contribution in [0.1, 0.15) is 11.4 Å². The van der Waals surface area contributed by atoms with Gasteiger partial charge in [0, 0.05) is 11.5 Å². The molecule has 0 radical (unpaired) electrons. The fourth-order valence-corrected chi connectivity index (χ4v) is 1.84. The Morgan fingerprint density at radius 2 is 2.35 bits per heavy atom. The summed E-state index contributed by atoms with van der Waals surface area (Å²) in [4.78, 5) is 11.7. The average Bonchev–Trinajstić information content (AvgIpc) is 2.85. The highest BCUT2D eigenvalue weighted by atomic mass is 32.1. The molecule has 2 rings (SSSR count). The Balaban J connectivity index is 2.06. The van der Waals surface area contributed by atoms with E-state index in [2.05, 4.69) is 20.0 Å². The largest absolute Gasteiger partial charge is 0.396 e. The molecule has 0 atom stereocenters. The van der Waals surface area contributed by atoms with E-state index in [1.54, 1.807) is 4.68 Å². The van der Waals surface area contributed by atoms with Crippen LogP contribution in [0.25, 0.3) is 0 Å². The van der Waals surface area contributed by atoms with Crippen molar-refractivity contribution in [3.05, 3.63) is 17.6 Å². The monoisotopic (exact) mass is 252 g/mol. The van der Waals surface area contributed by atoms with Crippen molar-refractivity contribution >= 4 is 28.1 Å². The topological polar surface area (TPSA) is 98.7 Å². The molecule has 1 amide bonds. The Kier molecular flexibility index (Phi) is 3.05. The van der Waals surface area contributed by atoms with Crippen molar-refractivity contribution in [2.45, 2.75) is 20.4 Å². The highest BCUT2D eigenvalue weighted by Crippen LogP contribution is 2.15. The summed E-state index contributed by atoms with van der Waals surface area (Å²) in [6.07, 6.45) is 1.50. The van der Waals surface area contributed by atoms with Crippen LogP contribution >= 0.6 is 11.5 Å². The SMILES string of the molecule is Cc1nn(CC(=O)Nc2cnns2)c(C)c1N. The quantitative estimate of drug-likeness (QED) is 0.832. The summed E-state index contributed by atoms with van der Waals surface area (Å²) in [5.41, 5.74) is 7.93. The molecule has 8 heteroatoms. The van der Waals surface area contributed by atoms with Gasteiger partial charge in [-0.05, 0) is 13.8 Å². The molecule has 0 aliphatic heterocycles. The van der Waals surface area contributed by atoms with Crippen LogP contribution in [0.15, 0.2) is 6.20 Å². The molecule has 7 nitrogen and oxygen atoms in total. The molecule has 0 fully saturated rings. The van der Waals surface area contributed by atoms with Gasteiger partial charge in [-0.1, -0.05) is 4.49 Å². The van der Waals surface area contributed by atoms with Crippen LogP contribution in [0.3, 0.4) is 0 Å². The maximum Gasteiger partial charge on any atom is 0.246 e. The van der Waals surface area contributed by atoms with E-state index < -0.39 is 0 Å². The fourth-order valence-electron chi connectivity index (χ4n) is 1.40. The number of hydrogen-bond donors (Lipinski definition) is 2. The van der Waals surface area contributed by atoms with E-state index in [0.717, 1.165) is 22.9 Å². The molecule has 17 heavy (non-hydrogen) atoms. The first-order valence-corrected chi connectivity index (χ1v) is 5.72. The third-order valence-electron chi connectivity index (χ3n) is 2.35. The molecule has 0 aromatic carbocycles. The van der Waals surface area contributed by atoms with E-state index in [1.807, 2.05) is 13.8 Å². The highest BCUT2D eigenvalue weighted by Gasteiger charge is 2.11. The van der Waals surface area contributed by atoms with Gasteiger partial charge in [-0.15, -0.1) is 5.10 Å². The second-order valence-electron chi connectivity index (χ2n) is 3.57. The van der Waals surface area contributed by atoms with Gasteiger partial charge in [0.1, 0.15) is 11.5 Å². The second kappa shape index (κ2) is 4.50. The van der Waals surface area contributed by atoms with Crippen LogP contribution in [0, 0.1) is 13.8 Å². The Labute approximate surface area is 102 Å². The summed E-state index contributed by atoms with van der Waals surface area (Å²) in [5, 5.41) is 11.1. The van der Waals surface area contributed by atoms with E-state index in [-0.39, 0.29) is 12.5 Å². The minimum Gasteiger partial charge on any atom is -0.396 e. The van der Waals surface area contributed by atoms with Gasteiger partial charge in [0.15, 0.2) is 0 Å². The lowest BCUT2D eigenvalue weighted by atomic mass is 10.3. The molecule has 0 aliphatic carbocycles. The average molecular weight is 252 g/mol. The summed E-state index contributed by atoms with van der Waals surface area (Å²) in [7, 11) is 0. The molecule has 0 saturated heterocycles. The molecule has 2 heterocycles. The number of anilines is 2. The Hall–Kier alpha value is -1.96. The number of hydrogen-bond acceptors (Lipinski definition) is 6. The number of rotatable bonds is 3. The first-order valence-electron chi connectivity index (χ1n) is 4.94. The zero-order valence-electron chi connectivity index (χ0n) is 9.47. The third kappa shape index (κ3) is 2.41. The van der Waals surface area contributed by atoms with Gasteiger partial charge in [-0.2, -0.15) is 5.10 Å². The van der Waals surface area contributed by atoms with E-state index in [0.29, 0.717) is 10.7 Å². The van der Waals surface area contributed by atoms with Crippen molar-refractivity contribution in [2.24, 2.45) is 0 Å². The van der Waals surface area contributed by atoms with Crippen molar-refractivity contribution in [3.8, 4) is 0 Å². The van der Waals surface area contributed by atoms with Crippen molar-refractivity contribution in [3.63, 3.8) is 0 Å². The molecule has 90 valence electrons. The van der Waals surface area contributed by atoms with Gasteiger partial charge in [0.25, 0.3) is 0 Å². The van der Waals surface area contributed by atoms with Crippen molar-refractivity contribution in [1.82, 2.24) is 19.4 Å². The number of nitrogens with two attached hydrogens (primary N) is 1. The Morgan fingerprint density at radius 3 is 2.88 bits per heavy atom. The fraction of sp³-hybridized carbons (Fsp3) is 0.333. The Bertz CT molecular complexity index is 532. The number of carbonyl (C=O) groups is 1. The third-order valence-corrected chi connectivity index (χ3v) is 2.93. The number of nitrogens with zero attached hydrogens (tertiary/aromatic N) is 4. The summed E-state index contributed by atoms with van der Waals surface area (Å²) >= 11 is 1.13. The number of nitrogen functional groups attached to an aromatic ring is 1. The molecule has 3 N–H and O–H groups in total. The van der Waals surface area contributed by atoms with Crippen LogP contribution in [0.4, 0.5) is 10.7 Å². The smallest absolute Gasteiger partial charge is 0.246 e. The van der Waals surface area contributed by atoms with Crippen molar-refractivity contribution in [2.75, 3.05) is 11.1 Å². The normalized spacial score (nSPS) is 10.5. The molecular weight excluding hydrogens is 240 g/mol. The van der Waals surface area contributed by atoms with E-state index in [4.69, 9.17) is 5.73 Å². The standard InChI is InChI=1S/C9H12N6OS/c1-5-9(10)6(2)15(13-5)4-7(16)12-8-3-11-14-17-8/h3H,4,10H2,1-2H3,(H,12,16). The molecule has 2 aromatic rings. The van der Waals surface area contributed by atoms with E-state index in [1.165, 1.54) is 6.20 Å². The minimum absolute atomic E-state index is 0.127. The number of aryl methyl sites for hydroxylation is 1. The highest BCUT2D eigenvalue weighted by molar-refractivity contribution is 7.10. The van der Waals surface area contributed by atoms with Crippen LogP contribution in [0.2, 0.25) is 0 Å². The van der Waals surface area contributed by atoms with Gasteiger partial charge in [-0.25, -0.2) is 0 Å². The number of carbonyl (C=O) groups excluding carboxylic acids is 1. The second-order valence-corrected chi connectivity index (χ2v) is 4.36. The van der Waals surface area contributed by atoms with E-state index >= 15 is 0 Å². The molecule has 0 aliphatic rings. The molecule has 0 bridgehead atoms. The Morgan fingerprint density at radius 1 is 1.59 bits per heavy atom. The molecule has 0 saturated carbocycles. The van der Waals surface area contributed by atoms with Crippen LogP contribution < -0.4 is 11.1 Å². The molecule has 0 spiro atoms. The summed E-state index contributed by atoms with van der Waals surface area (Å²) in [6, 6.07) is 0. The summed E-state index contributed by atoms with van der Waals surface area (Å²) in [6.45, 7) is 3.77. The molecule has 2 aromatic heterocycles. The predicted octanol–water partition coefficient (Wildman–Crippen LogP) is 0.572. The summed E-state index contributed by atoms with van der Waals surface area (Å²) < 4.78 is 5.23. The van der Waals surface area contributed by atoms with Crippen LogP contribution in [-0.4, -0.2) is 25.3 Å². The zero-order chi connectivity index (χ0) is 12.4. The number of aromatic nitrogens is 4. The van der Waals surface area contributed by atoms with Gasteiger partial charge in [0.05, 0.1) is 23.3 Å². The van der Waals surface area contributed by atoms with Gasteiger partial charge >= 0.3 is 0 Å². The minimum atomic E-state index is -0.179. The van der Waals surface area contributed by atoms with Crippen LogP contribution in [-0.2, 0) is 11.3 Å². The van der Waals surface area contributed by atoms with Gasteiger partial charge in [0.2, 0.25) is 5.91 Å². The predicted molar refractivity (Wildman–Crippen MR) is 64.7 cm³/mol. The first-order chi connectivity index (χ1) is 8.08. The summed E-state index contributed by atoms with van der Waals surface area (Å²) in [5.74, 6) is -0.179. The molecule has 0 unspecified atom stereocenters. The maximum absolute atomic E-state index is 11.7. The van der Waals surface area contributed by atoms with Crippen molar-refractivity contribution < 1.29 is 4.79 Å².